The average molecular weight is 272 g/mol. The molecular formula is C14H16N4O2. The number of aromatic nitrogens is 3. The van der Waals surface area contributed by atoms with Gasteiger partial charge in [0.15, 0.2) is 5.69 Å². The summed E-state index contributed by atoms with van der Waals surface area (Å²) in [6.45, 7) is 1.47. The van der Waals surface area contributed by atoms with Gasteiger partial charge in [0.25, 0.3) is 5.91 Å². The highest BCUT2D eigenvalue weighted by Gasteiger charge is 2.28. The van der Waals surface area contributed by atoms with Crippen molar-refractivity contribution >= 4 is 5.91 Å². The van der Waals surface area contributed by atoms with E-state index >= 15 is 0 Å². The number of carbonyl (C=O) groups is 1. The Hall–Kier alpha value is -2.37. The molecule has 3 rings (SSSR count). The van der Waals surface area contributed by atoms with Crippen molar-refractivity contribution in [2.75, 3.05) is 20.2 Å². The molecule has 6 heteroatoms. The molecule has 104 valence electrons. The maximum absolute atomic E-state index is 12.2. The summed E-state index contributed by atoms with van der Waals surface area (Å²) >= 11 is 0. The van der Waals surface area contributed by atoms with Crippen LogP contribution in [0.15, 0.2) is 30.5 Å². The third kappa shape index (κ3) is 2.36. The number of carbonyl (C=O) groups excluding carboxylic acids is 1. The van der Waals surface area contributed by atoms with E-state index < -0.39 is 0 Å². The van der Waals surface area contributed by atoms with Crippen molar-refractivity contribution in [1.82, 2.24) is 20.3 Å². The van der Waals surface area contributed by atoms with Gasteiger partial charge in [-0.15, -0.1) is 0 Å². The fourth-order valence-electron chi connectivity index (χ4n) is 2.56. The van der Waals surface area contributed by atoms with Gasteiger partial charge in [0.1, 0.15) is 5.75 Å². The van der Waals surface area contributed by atoms with Crippen LogP contribution >= 0.6 is 0 Å². The summed E-state index contributed by atoms with van der Waals surface area (Å²) in [6.07, 6.45) is 2.43. The summed E-state index contributed by atoms with van der Waals surface area (Å²) in [5, 5.41) is 9.98. The molecule has 0 radical (unpaired) electrons. The normalized spacial score (nSPS) is 18.2. The van der Waals surface area contributed by atoms with E-state index in [2.05, 4.69) is 27.5 Å². The van der Waals surface area contributed by atoms with Crippen molar-refractivity contribution in [3.05, 3.63) is 41.7 Å². The van der Waals surface area contributed by atoms with E-state index in [1.54, 1.807) is 7.11 Å². The Kier molecular flexibility index (Phi) is 3.37. The largest absolute Gasteiger partial charge is 0.497 e. The maximum atomic E-state index is 12.2. The number of nitrogens with zero attached hydrogens (tertiary/aromatic N) is 3. The van der Waals surface area contributed by atoms with Gasteiger partial charge in [0.2, 0.25) is 0 Å². The second-order valence-electron chi connectivity index (χ2n) is 4.87. The number of hydrogen-bond donors (Lipinski definition) is 1. The number of ether oxygens (including phenoxy) is 1. The van der Waals surface area contributed by atoms with Crippen LogP contribution in [0.2, 0.25) is 0 Å². The molecule has 1 aromatic carbocycles. The van der Waals surface area contributed by atoms with E-state index in [1.807, 2.05) is 17.0 Å². The van der Waals surface area contributed by atoms with Crippen molar-refractivity contribution < 1.29 is 9.53 Å². The van der Waals surface area contributed by atoms with E-state index in [0.29, 0.717) is 11.6 Å². The number of benzene rings is 1. The molecule has 0 spiro atoms. The van der Waals surface area contributed by atoms with Gasteiger partial charge >= 0.3 is 0 Å². The lowest BCUT2D eigenvalue weighted by Gasteiger charge is -2.15. The molecule has 0 bridgehead atoms. The van der Waals surface area contributed by atoms with Crippen molar-refractivity contribution in [1.29, 1.82) is 0 Å². The van der Waals surface area contributed by atoms with Crippen LogP contribution in [-0.2, 0) is 0 Å². The molecule has 1 aromatic heterocycles. The summed E-state index contributed by atoms with van der Waals surface area (Å²) in [6, 6.07) is 8.04. The molecular weight excluding hydrogens is 256 g/mol. The Labute approximate surface area is 116 Å². The molecule has 1 fully saturated rings. The summed E-state index contributed by atoms with van der Waals surface area (Å²) in [5.74, 6) is 1.16. The smallest absolute Gasteiger partial charge is 0.276 e. The van der Waals surface area contributed by atoms with E-state index in [4.69, 9.17) is 4.74 Å². The van der Waals surface area contributed by atoms with Gasteiger partial charge in [0, 0.05) is 19.0 Å². The zero-order chi connectivity index (χ0) is 13.9. The van der Waals surface area contributed by atoms with Crippen molar-refractivity contribution in [2.24, 2.45) is 0 Å². The van der Waals surface area contributed by atoms with Gasteiger partial charge in [-0.1, -0.05) is 12.1 Å². The summed E-state index contributed by atoms with van der Waals surface area (Å²) < 4.78 is 5.16. The molecule has 1 N–H and O–H groups in total. The average Bonchev–Trinajstić information content (AvgIpc) is 3.18. The molecule has 0 aliphatic carbocycles. The van der Waals surface area contributed by atoms with Gasteiger partial charge in [-0.2, -0.15) is 15.4 Å². The second kappa shape index (κ2) is 5.32. The Balaban J connectivity index is 1.68. The first-order valence-corrected chi connectivity index (χ1v) is 6.57. The lowest BCUT2D eigenvalue weighted by atomic mass is 9.98. The number of nitrogens with one attached hydrogen (secondary N) is 1. The number of rotatable bonds is 3. The number of likely N-dealkylation sites (tertiary alicyclic amines) is 1. The van der Waals surface area contributed by atoms with Crippen LogP contribution in [0, 0.1) is 0 Å². The minimum atomic E-state index is -0.0604. The molecule has 2 heterocycles. The van der Waals surface area contributed by atoms with Gasteiger partial charge in [-0.3, -0.25) is 4.79 Å². The van der Waals surface area contributed by atoms with Gasteiger partial charge in [-0.25, -0.2) is 0 Å². The first kappa shape index (κ1) is 12.7. The van der Waals surface area contributed by atoms with Crippen LogP contribution in [0.4, 0.5) is 0 Å². The lowest BCUT2D eigenvalue weighted by Crippen LogP contribution is -2.28. The minimum Gasteiger partial charge on any atom is -0.497 e. The van der Waals surface area contributed by atoms with Gasteiger partial charge in [0.05, 0.1) is 13.3 Å². The summed E-state index contributed by atoms with van der Waals surface area (Å²) in [7, 11) is 1.66. The van der Waals surface area contributed by atoms with E-state index in [9.17, 15) is 4.79 Å². The Bertz CT molecular complexity index is 580. The van der Waals surface area contributed by atoms with E-state index in [-0.39, 0.29) is 5.91 Å². The van der Waals surface area contributed by atoms with Crippen LogP contribution in [0.25, 0.3) is 0 Å². The van der Waals surface area contributed by atoms with Crippen LogP contribution in [0.1, 0.15) is 28.4 Å². The summed E-state index contributed by atoms with van der Waals surface area (Å²) in [4.78, 5) is 14.0. The van der Waals surface area contributed by atoms with Crippen molar-refractivity contribution in [3.8, 4) is 5.75 Å². The highest BCUT2D eigenvalue weighted by molar-refractivity contribution is 5.92. The minimum absolute atomic E-state index is 0.0604. The predicted molar refractivity (Wildman–Crippen MR) is 72.6 cm³/mol. The molecule has 20 heavy (non-hydrogen) atoms. The Morgan fingerprint density at radius 2 is 2.20 bits per heavy atom. The first-order valence-electron chi connectivity index (χ1n) is 6.57. The molecule has 1 saturated heterocycles. The van der Waals surface area contributed by atoms with Crippen LogP contribution < -0.4 is 4.74 Å². The highest BCUT2D eigenvalue weighted by Crippen LogP contribution is 2.29. The van der Waals surface area contributed by atoms with Crippen LogP contribution in [0.5, 0.6) is 5.75 Å². The predicted octanol–water partition coefficient (Wildman–Crippen LogP) is 1.44. The number of methoxy groups -OCH3 is 1. The SMILES string of the molecule is COc1ccc(C2CCN(C(=O)c3cn[nH]n3)C2)cc1. The zero-order valence-corrected chi connectivity index (χ0v) is 11.2. The fraction of sp³-hybridized carbons (Fsp3) is 0.357. The summed E-state index contributed by atoms with van der Waals surface area (Å²) in [5.41, 5.74) is 1.61. The molecule has 6 nitrogen and oxygen atoms in total. The van der Waals surface area contributed by atoms with Crippen molar-refractivity contribution in [3.63, 3.8) is 0 Å². The quantitative estimate of drug-likeness (QED) is 0.917. The topological polar surface area (TPSA) is 71.1 Å². The zero-order valence-electron chi connectivity index (χ0n) is 11.2. The molecule has 0 saturated carbocycles. The van der Waals surface area contributed by atoms with Crippen LogP contribution in [-0.4, -0.2) is 46.4 Å². The van der Waals surface area contributed by atoms with E-state index in [1.165, 1.54) is 11.8 Å². The number of H-pyrrole nitrogens is 1. The van der Waals surface area contributed by atoms with E-state index in [0.717, 1.165) is 25.3 Å². The Morgan fingerprint density at radius 3 is 2.85 bits per heavy atom. The Morgan fingerprint density at radius 1 is 1.40 bits per heavy atom. The molecule has 1 aliphatic heterocycles. The second-order valence-corrected chi connectivity index (χ2v) is 4.87. The lowest BCUT2D eigenvalue weighted by molar-refractivity contribution is 0.0785. The van der Waals surface area contributed by atoms with Gasteiger partial charge in [-0.05, 0) is 24.1 Å². The molecule has 1 atom stereocenters. The van der Waals surface area contributed by atoms with Gasteiger partial charge < -0.3 is 9.64 Å². The third-order valence-corrected chi connectivity index (χ3v) is 3.70. The number of hydrogen-bond acceptors (Lipinski definition) is 4. The monoisotopic (exact) mass is 272 g/mol. The molecule has 1 unspecified atom stereocenters. The first-order chi connectivity index (χ1) is 9.78. The standard InChI is InChI=1S/C14H16N4O2/c1-20-12-4-2-10(3-5-12)11-6-7-18(9-11)14(19)13-8-15-17-16-13/h2-5,8,11H,6-7,9H2,1H3,(H,15,16,17). The molecule has 1 amide bonds. The highest BCUT2D eigenvalue weighted by atomic mass is 16.5. The molecule has 2 aromatic rings. The fourth-order valence-corrected chi connectivity index (χ4v) is 2.56. The maximum Gasteiger partial charge on any atom is 0.276 e. The number of amides is 1. The molecule has 1 aliphatic rings. The van der Waals surface area contributed by atoms with Crippen LogP contribution in [0.3, 0.4) is 0 Å². The van der Waals surface area contributed by atoms with Crippen molar-refractivity contribution in [2.45, 2.75) is 12.3 Å². The number of aromatic amines is 1. The third-order valence-electron chi connectivity index (χ3n) is 3.70.